The fourth-order valence-corrected chi connectivity index (χ4v) is 2.44. The maximum atomic E-state index is 12.2. The molecule has 0 aliphatic rings. The lowest BCUT2D eigenvalue weighted by atomic mass is 10.2. The van der Waals surface area contributed by atoms with Crippen LogP contribution in [-0.2, 0) is 15.8 Å². The second-order valence-electron chi connectivity index (χ2n) is 7.90. The predicted octanol–water partition coefficient (Wildman–Crippen LogP) is 4.79. The van der Waals surface area contributed by atoms with Gasteiger partial charge in [0.05, 0.1) is 12.3 Å². The van der Waals surface area contributed by atoms with Gasteiger partial charge in [0.25, 0.3) is 0 Å². The number of nitrogens with zero attached hydrogens (tertiary/aromatic N) is 1. The van der Waals surface area contributed by atoms with Crippen LogP contribution in [0.5, 0.6) is 0 Å². The molecule has 0 saturated carbocycles. The number of rotatable bonds is 3. The predicted molar refractivity (Wildman–Crippen MR) is 88.1 cm³/mol. The molecule has 1 aromatic rings. The average Bonchev–Trinajstić information content (AvgIpc) is 2.70. The van der Waals surface area contributed by atoms with Crippen LogP contribution in [0.4, 0.5) is 4.79 Å². The smallest absolute Gasteiger partial charge is 0.418 e. The molecule has 0 aromatic carbocycles. The van der Waals surface area contributed by atoms with E-state index in [1.807, 2.05) is 32.9 Å². The van der Waals surface area contributed by atoms with Crippen LogP contribution in [0, 0.1) is 0 Å². The summed E-state index contributed by atoms with van der Waals surface area (Å²) >= 11 is 0. The van der Waals surface area contributed by atoms with Gasteiger partial charge in [-0.15, -0.1) is 0 Å². The van der Waals surface area contributed by atoms with E-state index in [0.29, 0.717) is 6.61 Å². The van der Waals surface area contributed by atoms with E-state index in [9.17, 15) is 4.79 Å². The Bertz CT molecular complexity index is 492. The Morgan fingerprint density at radius 3 is 2.24 bits per heavy atom. The van der Waals surface area contributed by atoms with Gasteiger partial charge in [0.1, 0.15) is 5.60 Å². The van der Waals surface area contributed by atoms with Gasteiger partial charge in [-0.3, -0.25) is 4.57 Å². The molecule has 21 heavy (non-hydrogen) atoms. The molecule has 0 bridgehead atoms. The highest BCUT2D eigenvalue weighted by atomic mass is 28.4. The van der Waals surface area contributed by atoms with Gasteiger partial charge in [0, 0.05) is 6.20 Å². The molecule has 0 aliphatic carbocycles. The number of ether oxygens (including phenoxy) is 1. The molecule has 120 valence electrons. The molecule has 0 aliphatic heterocycles. The summed E-state index contributed by atoms with van der Waals surface area (Å²) in [6.45, 7) is 17.0. The van der Waals surface area contributed by atoms with Crippen molar-refractivity contribution in [3.05, 3.63) is 24.0 Å². The molecule has 1 heterocycles. The second-order valence-corrected chi connectivity index (χ2v) is 12.7. The van der Waals surface area contributed by atoms with Crippen molar-refractivity contribution in [2.45, 2.75) is 71.9 Å². The van der Waals surface area contributed by atoms with Gasteiger partial charge < -0.3 is 9.16 Å². The largest absolute Gasteiger partial charge is 0.443 e. The summed E-state index contributed by atoms with van der Waals surface area (Å²) in [4.78, 5) is 12.2. The number of carbonyl (C=O) groups is 1. The van der Waals surface area contributed by atoms with Crippen LogP contribution >= 0.6 is 0 Å². The lowest BCUT2D eigenvalue weighted by Crippen LogP contribution is -2.40. The molecule has 0 amide bonds. The van der Waals surface area contributed by atoms with E-state index in [2.05, 4.69) is 33.9 Å². The standard InChI is InChI=1S/C16H29NO3Si/c1-15(2,3)20-14(18)17-11-9-10-13(17)12-19-21(7,8)16(4,5)6/h9-11H,12H2,1-8H3. The van der Waals surface area contributed by atoms with E-state index in [1.54, 1.807) is 6.20 Å². The first-order valence-corrected chi connectivity index (χ1v) is 10.3. The van der Waals surface area contributed by atoms with Crippen molar-refractivity contribution < 1.29 is 14.0 Å². The highest BCUT2D eigenvalue weighted by Crippen LogP contribution is 2.37. The van der Waals surface area contributed by atoms with E-state index in [1.165, 1.54) is 4.57 Å². The summed E-state index contributed by atoms with van der Waals surface area (Å²) in [7, 11) is -1.83. The SMILES string of the molecule is CC(C)(C)OC(=O)n1cccc1CO[Si](C)(C)C(C)(C)C. The first-order chi connectivity index (χ1) is 9.33. The van der Waals surface area contributed by atoms with Crippen LogP contribution in [0.1, 0.15) is 47.2 Å². The Labute approximate surface area is 129 Å². The van der Waals surface area contributed by atoms with Crippen LogP contribution < -0.4 is 0 Å². The van der Waals surface area contributed by atoms with Crippen LogP contribution in [-0.4, -0.2) is 24.6 Å². The van der Waals surface area contributed by atoms with Crippen molar-refractivity contribution in [1.29, 1.82) is 0 Å². The van der Waals surface area contributed by atoms with E-state index < -0.39 is 13.9 Å². The molecule has 0 saturated heterocycles. The fraction of sp³-hybridized carbons (Fsp3) is 0.688. The van der Waals surface area contributed by atoms with Crippen molar-refractivity contribution in [2.24, 2.45) is 0 Å². The Kier molecular flexibility index (Phi) is 5.11. The quantitative estimate of drug-likeness (QED) is 0.753. The number of carbonyl (C=O) groups excluding carboxylic acids is 1. The molecule has 0 fully saturated rings. The molecule has 4 nitrogen and oxygen atoms in total. The van der Waals surface area contributed by atoms with Gasteiger partial charge in [-0.05, 0) is 51.0 Å². The van der Waals surface area contributed by atoms with Crippen molar-refractivity contribution in [3.63, 3.8) is 0 Å². The van der Waals surface area contributed by atoms with Crippen molar-refractivity contribution in [1.82, 2.24) is 4.57 Å². The molecule has 0 atom stereocenters. The third-order valence-electron chi connectivity index (χ3n) is 3.81. The Morgan fingerprint density at radius 1 is 1.19 bits per heavy atom. The van der Waals surface area contributed by atoms with Crippen LogP contribution in [0.15, 0.2) is 18.3 Å². The van der Waals surface area contributed by atoms with Crippen LogP contribution in [0.25, 0.3) is 0 Å². The third kappa shape index (κ3) is 5.00. The Hall–Kier alpha value is -1.07. The topological polar surface area (TPSA) is 40.5 Å². The van der Waals surface area contributed by atoms with E-state index in [-0.39, 0.29) is 11.1 Å². The fourth-order valence-electron chi connectivity index (χ4n) is 1.49. The minimum atomic E-state index is -1.83. The third-order valence-corrected chi connectivity index (χ3v) is 8.29. The lowest BCUT2D eigenvalue weighted by Gasteiger charge is -2.36. The maximum absolute atomic E-state index is 12.2. The van der Waals surface area contributed by atoms with Crippen molar-refractivity contribution >= 4 is 14.4 Å². The van der Waals surface area contributed by atoms with E-state index >= 15 is 0 Å². The zero-order valence-electron chi connectivity index (χ0n) is 14.6. The molecule has 1 rings (SSSR count). The molecule has 5 heteroatoms. The lowest BCUT2D eigenvalue weighted by molar-refractivity contribution is 0.0526. The number of aromatic nitrogens is 1. The molecule has 0 unspecified atom stereocenters. The molecule has 1 aromatic heterocycles. The maximum Gasteiger partial charge on any atom is 0.418 e. The zero-order valence-corrected chi connectivity index (χ0v) is 15.6. The average molecular weight is 311 g/mol. The molecule has 0 spiro atoms. The van der Waals surface area contributed by atoms with Gasteiger partial charge in [-0.2, -0.15) is 0 Å². The van der Waals surface area contributed by atoms with Crippen molar-refractivity contribution in [2.75, 3.05) is 0 Å². The second kappa shape index (κ2) is 5.97. The van der Waals surface area contributed by atoms with E-state index in [0.717, 1.165) is 5.69 Å². The molecular formula is C16H29NO3Si. The Morgan fingerprint density at radius 2 is 1.76 bits per heavy atom. The highest BCUT2D eigenvalue weighted by molar-refractivity contribution is 6.74. The van der Waals surface area contributed by atoms with Gasteiger partial charge >= 0.3 is 6.09 Å². The van der Waals surface area contributed by atoms with Gasteiger partial charge in [0.15, 0.2) is 8.32 Å². The van der Waals surface area contributed by atoms with Crippen molar-refractivity contribution in [3.8, 4) is 0 Å². The minimum absolute atomic E-state index is 0.149. The minimum Gasteiger partial charge on any atom is -0.443 e. The summed E-state index contributed by atoms with van der Waals surface area (Å²) in [5, 5.41) is 0.149. The summed E-state index contributed by atoms with van der Waals surface area (Å²) in [5.41, 5.74) is 0.327. The number of hydrogen-bond donors (Lipinski definition) is 0. The zero-order chi connectivity index (χ0) is 16.5. The highest BCUT2D eigenvalue weighted by Gasteiger charge is 2.37. The number of hydrogen-bond acceptors (Lipinski definition) is 3. The normalized spacial score (nSPS) is 13.3. The van der Waals surface area contributed by atoms with Gasteiger partial charge in [0.2, 0.25) is 0 Å². The van der Waals surface area contributed by atoms with Crippen LogP contribution in [0.2, 0.25) is 18.1 Å². The van der Waals surface area contributed by atoms with Gasteiger partial charge in [-0.25, -0.2) is 4.79 Å². The first kappa shape index (κ1) is 18.0. The summed E-state index contributed by atoms with van der Waals surface area (Å²) in [6.07, 6.45) is 1.36. The van der Waals surface area contributed by atoms with Crippen LogP contribution in [0.3, 0.4) is 0 Å². The van der Waals surface area contributed by atoms with Gasteiger partial charge in [-0.1, -0.05) is 20.8 Å². The van der Waals surface area contributed by atoms with E-state index in [4.69, 9.17) is 9.16 Å². The first-order valence-electron chi connectivity index (χ1n) is 7.37. The molecular weight excluding hydrogens is 282 g/mol. The summed E-state index contributed by atoms with van der Waals surface area (Å²) < 4.78 is 13.1. The molecule has 0 radical (unpaired) electrons. The Balaban J connectivity index is 2.80. The monoisotopic (exact) mass is 311 g/mol. The summed E-state index contributed by atoms with van der Waals surface area (Å²) in [6, 6.07) is 3.74. The molecule has 0 N–H and O–H groups in total. The summed E-state index contributed by atoms with van der Waals surface area (Å²) in [5.74, 6) is 0.